The highest BCUT2D eigenvalue weighted by Crippen LogP contribution is 2.51. The molecule has 4 rings (SSSR count). The van der Waals surface area contributed by atoms with E-state index in [1.807, 2.05) is 33.8 Å². The summed E-state index contributed by atoms with van der Waals surface area (Å²) in [7, 11) is -4.13. The molecule has 0 aliphatic carbocycles. The normalized spacial score (nSPS) is 16.1. The van der Waals surface area contributed by atoms with Gasteiger partial charge >= 0.3 is 10.1 Å². The van der Waals surface area contributed by atoms with Crippen molar-refractivity contribution in [1.82, 2.24) is 0 Å². The van der Waals surface area contributed by atoms with E-state index in [4.69, 9.17) is 4.18 Å². The second-order valence-electron chi connectivity index (χ2n) is 8.31. The summed E-state index contributed by atoms with van der Waals surface area (Å²) in [5.74, 6) is -0.485. The van der Waals surface area contributed by atoms with E-state index < -0.39 is 21.6 Å². The molecule has 1 amide bonds. The molecule has 0 spiro atoms. The van der Waals surface area contributed by atoms with E-state index in [-0.39, 0.29) is 21.8 Å². The fraction of sp³-hybridized carbons (Fsp3) is 0.208. The molecule has 0 saturated carbocycles. The van der Waals surface area contributed by atoms with E-state index in [0.29, 0.717) is 16.8 Å². The Morgan fingerprint density at radius 1 is 1.03 bits per heavy atom. The van der Waals surface area contributed by atoms with Crippen LogP contribution in [0, 0.1) is 29.6 Å². The zero-order valence-corrected chi connectivity index (χ0v) is 18.7. The third-order valence-corrected chi connectivity index (χ3v) is 6.81. The Bertz CT molecular complexity index is 1420. The number of carbonyl (C=O) groups is 1. The molecule has 2 heterocycles. The summed E-state index contributed by atoms with van der Waals surface area (Å²) in [6.45, 7) is 7.41. The van der Waals surface area contributed by atoms with Gasteiger partial charge in [-0.3, -0.25) is 9.69 Å². The lowest BCUT2D eigenvalue weighted by atomic mass is 9.89. The smallest absolute Gasteiger partial charge is 0.339 e. The van der Waals surface area contributed by atoms with Crippen molar-refractivity contribution in [2.75, 3.05) is 4.90 Å². The van der Waals surface area contributed by atoms with E-state index in [1.165, 1.54) is 23.1 Å². The molecule has 2 aliphatic rings. The Kier molecular flexibility index (Phi) is 4.73. The summed E-state index contributed by atoms with van der Waals surface area (Å²) < 4.78 is 31.1. The minimum Gasteiger partial charge on any atom is -0.379 e. The van der Waals surface area contributed by atoms with Crippen LogP contribution < -0.4 is 9.08 Å². The van der Waals surface area contributed by atoms with Crippen LogP contribution in [0.2, 0.25) is 0 Å². The van der Waals surface area contributed by atoms with Crippen LogP contribution in [0.3, 0.4) is 0 Å². The number of nitrogens with zero attached hydrogens (tertiary/aromatic N) is 3. The fourth-order valence-corrected chi connectivity index (χ4v) is 5.11. The summed E-state index contributed by atoms with van der Waals surface area (Å²) in [5.41, 5.74) is 2.09. The minimum absolute atomic E-state index is 0.00541. The molecule has 32 heavy (non-hydrogen) atoms. The highest BCUT2D eigenvalue weighted by atomic mass is 32.2. The van der Waals surface area contributed by atoms with Crippen molar-refractivity contribution < 1.29 is 17.4 Å². The summed E-state index contributed by atoms with van der Waals surface area (Å²) in [5, 5.41) is 18.9. The molecule has 2 aliphatic heterocycles. The number of hydrogen-bond donors (Lipinski definition) is 0. The van der Waals surface area contributed by atoms with E-state index in [1.54, 1.807) is 30.3 Å². The molecule has 0 atom stereocenters. The third-order valence-electron chi connectivity index (χ3n) is 5.55. The second kappa shape index (κ2) is 7.08. The van der Waals surface area contributed by atoms with Crippen LogP contribution in [0.1, 0.15) is 37.5 Å². The molecular formula is C24H19N3O4S. The van der Waals surface area contributed by atoms with Crippen LogP contribution in [0.4, 0.5) is 5.69 Å². The average Bonchev–Trinajstić information content (AvgIpc) is 3.00. The van der Waals surface area contributed by atoms with Crippen molar-refractivity contribution in [2.24, 2.45) is 0 Å². The van der Waals surface area contributed by atoms with Gasteiger partial charge in [0.2, 0.25) is 0 Å². The van der Waals surface area contributed by atoms with Crippen molar-refractivity contribution in [3.8, 4) is 17.9 Å². The van der Waals surface area contributed by atoms with Gasteiger partial charge in [-0.1, -0.05) is 23.8 Å². The minimum atomic E-state index is -4.13. The summed E-state index contributed by atoms with van der Waals surface area (Å²) in [6, 6.07) is 12.8. The monoisotopic (exact) mass is 445 g/mol. The lowest BCUT2D eigenvalue weighted by molar-refractivity contribution is -0.113. The molecule has 7 nitrogen and oxygen atoms in total. The number of hydrogen-bond acceptors (Lipinski definition) is 6. The molecule has 0 fully saturated rings. The zero-order chi connectivity index (χ0) is 23.4. The molecular weight excluding hydrogens is 426 g/mol. The van der Waals surface area contributed by atoms with E-state index >= 15 is 0 Å². The van der Waals surface area contributed by atoms with Gasteiger partial charge in [0.15, 0.2) is 0 Å². The number of nitriles is 2. The number of benzene rings is 2. The first kappa shape index (κ1) is 21.4. The molecule has 8 heteroatoms. The van der Waals surface area contributed by atoms with Crippen molar-refractivity contribution >= 4 is 32.9 Å². The predicted octanol–water partition coefficient (Wildman–Crippen LogP) is 4.11. The molecule has 0 bridgehead atoms. The van der Waals surface area contributed by atoms with Crippen molar-refractivity contribution in [3.63, 3.8) is 0 Å². The molecule has 160 valence electrons. The standard InChI is InChI=1S/C24H19N3O4S/c1-14-5-7-18(8-6-14)32(29,30)31-17-9-19-15(2)11-24(3,4)27-22(19)20(10-17)21(23(27)28)16(12-25)13-26/h5-11H,1-4H3. The molecule has 2 aromatic rings. The van der Waals surface area contributed by atoms with Crippen LogP contribution in [-0.4, -0.2) is 19.9 Å². The maximum absolute atomic E-state index is 13.3. The lowest BCUT2D eigenvalue weighted by Crippen LogP contribution is -2.46. The van der Waals surface area contributed by atoms with Gasteiger partial charge in [0.1, 0.15) is 28.4 Å². The molecule has 0 unspecified atom stereocenters. The molecule has 0 N–H and O–H groups in total. The fourth-order valence-electron chi connectivity index (χ4n) is 4.20. The number of anilines is 1. The Balaban J connectivity index is 1.94. The number of carbonyl (C=O) groups excluding carboxylic acids is 1. The highest BCUT2D eigenvalue weighted by molar-refractivity contribution is 7.87. The van der Waals surface area contributed by atoms with Gasteiger partial charge < -0.3 is 4.18 Å². The third kappa shape index (κ3) is 3.17. The van der Waals surface area contributed by atoms with Crippen molar-refractivity contribution in [3.05, 3.63) is 64.7 Å². The number of aryl methyl sites for hydroxylation is 1. The van der Waals surface area contributed by atoms with Crippen molar-refractivity contribution in [1.29, 1.82) is 10.5 Å². The van der Waals surface area contributed by atoms with Gasteiger partial charge in [0, 0.05) is 11.1 Å². The molecule has 2 aromatic carbocycles. The highest BCUT2D eigenvalue weighted by Gasteiger charge is 2.46. The zero-order valence-electron chi connectivity index (χ0n) is 17.9. The topological polar surface area (TPSA) is 111 Å². The van der Waals surface area contributed by atoms with E-state index in [9.17, 15) is 23.7 Å². The first-order valence-corrected chi connectivity index (χ1v) is 11.2. The Morgan fingerprint density at radius 2 is 1.62 bits per heavy atom. The van der Waals surface area contributed by atoms with Crippen LogP contribution in [-0.2, 0) is 14.9 Å². The van der Waals surface area contributed by atoms with Gasteiger partial charge in [-0.15, -0.1) is 0 Å². The van der Waals surface area contributed by atoms with E-state index in [2.05, 4.69) is 0 Å². The van der Waals surface area contributed by atoms with Gasteiger partial charge in [-0.05, 0) is 57.5 Å². The Hall–Kier alpha value is -3.88. The summed E-state index contributed by atoms with van der Waals surface area (Å²) in [6.07, 6.45) is 1.89. The second-order valence-corrected chi connectivity index (χ2v) is 9.86. The summed E-state index contributed by atoms with van der Waals surface area (Å²) >= 11 is 0. The Labute approximate surface area is 186 Å². The average molecular weight is 446 g/mol. The first-order chi connectivity index (χ1) is 15.0. The lowest BCUT2D eigenvalue weighted by Gasteiger charge is -2.38. The Morgan fingerprint density at radius 3 is 2.22 bits per heavy atom. The summed E-state index contributed by atoms with van der Waals surface area (Å²) in [4.78, 5) is 14.8. The predicted molar refractivity (Wildman–Crippen MR) is 119 cm³/mol. The van der Waals surface area contributed by atoms with Gasteiger partial charge in [0.05, 0.1) is 16.8 Å². The largest absolute Gasteiger partial charge is 0.379 e. The van der Waals surface area contributed by atoms with Gasteiger partial charge in [-0.2, -0.15) is 18.9 Å². The molecule has 0 saturated heterocycles. The van der Waals surface area contributed by atoms with Crippen LogP contribution in [0.15, 0.2) is 52.9 Å². The SMILES string of the molecule is CC1=CC(C)(C)N2C(=O)C(=C(C#N)C#N)c3cc(OS(=O)(=O)c4ccc(C)cc4)cc1c32. The number of rotatable bonds is 3. The van der Waals surface area contributed by atoms with E-state index in [0.717, 1.165) is 11.1 Å². The quantitative estimate of drug-likeness (QED) is 0.399. The van der Waals surface area contributed by atoms with Crippen LogP contribution in [0.5, 0.6) is 5.75 Å². The molecule has 0 aromatic heterocycles. The van der Waals surface area contributed by atoms with Gasteiger partial charge in [0.25, 0.3) is 5.91 Å². The van der Waals surface area contributed by atoms with Crippen LogP contribution in [0.25, 0.3) is 11.1 Å². The van der Waals surface area contributed by atoms with Crippen molar-refractivity contribution in [2.45, 2.75) is 38.1 Å². The maximum Gasteiger partial charge on any atom is 0.339 e. The number of amides is 1. The van der Waals surface area contributed by atoms with Crippen LogP contribution >= 0.6 is 0 Å². The molecule has 0 radical (unpaired) electrons. The number of allylic oxidation sites excluding steroid dienone is 2. The maximum atomic E-state index is 13.3. The first-order valence-electron chi connectivity index (χ1n) is 9.78. The van der Waals surface area contributed by atoms with Gasteiger partial charge in [-0.25, -0.2) is 0 Å².